The highest BCUT2D eigenvalue weighted by Crippen LogP contribution is 2.37. The number of hydrogen-bond donors (Lipinski definition) is 0. The van der Waals surface area contributed by atoms with E-state index in [1.54, 1.807) is 18.2 Å². The highest BCUT2D eigenvalue weighted by atomic mass is 16.6. The zero-order chi connectivity index (χ0) is 21.3. The molecule has 2 aromatic rings. The highest BCUT2D eigenvalue weighted by Gasteiger charge is 2.47. The summed E-state index contributed by atoms with van der Waals surface area (Å²) in [4.78, 5) is 49.2. The SMILES string of the molecule is O=C(OCc1ccc([N+](=O)[O-])cc1)c1cccc(N2C(=O)[C@H]3CC=CC[C@H]3C2=O)c1. The quantitative estimate of drug-likeness (QED) is 0.248. The fourth-order valence-electron chi connectivity index (χ4n) is 3.77. The number of anilines is 1. The van der Waals surface area contributed by atoms with Crippen LogP contribution in [0.3, 0.4) is 0 Å². The molecular weight excluding hydrogens is 388 g/mol. The molecule has 0 aromatic heterocycles. The van der Waals surface area contributed by atoms with Gasteiger partial charge in [0.15, 0.2) is 0 Å². The largest absolute Gasteiger partial charge is 0.457 e. The second kappa shape index (κ2) is 7.90. The maximum Gasteiger partial charge on any atom is 0.338 e. The predicted octanol–water partition coefficient (Wildman–Crippen LogP) is 3.41. The molecule has 1 aliphatic carbocycles. The van der Waals surface area contributed by atoms with Crippen LogP contribution in [-0.2, 0) is 20.9 Å². The van der Waals surface area contributed by atoms with E-state index in [4.69, 9.17) is 4.74 Å². The minimum absolute atomic E-state index is 0.0477. The molecular formula is C22H18N2O6. The van der Waals surface area contributed by atoms with Crippen LogP contribution in [0, 0.1) is 22.0 Å². The molecule has 0 unspecified atom stereocenters. The standard InChI is InChI=1S/C22H18N2O6/c25-20-18-6-1-2-7-19(18)21(26)23(20)17-5-3-4-15(12-17)22(27)30-13-14-8-10-16(11-9-14)24(28)29/h1-5,8-12,18-19H,6-7,13H2/t18-,19+. The number of imide groups is 1. The lowest BCUT2D eigenvalue weighted by molar-refractivity contribution is -0.384. The van der Waals surface area contributed by atoms with Crippen molar-refractivity contribution in [2.24, 2.45) is 11.8 Å². The number of esters is 1. The van der Waals surface area contributed by atoms with Crippen LogP contribution in [0.15, 0.2) is 60.7 Å². The van der Waals surface area contributed by atoms with Gasteiger partial charge >= 0.3 is 5.97 Å². The number of hydrogen-bond acceptors (Lipinski definition) is 6. The first-order valence-electron chi connectivity index (χ1n) is 9.49. The third kappa shape index (κ3) is 3.59. The second-order valence-corrected chi connectivity index (χ2v) is 7.22. The van der Waals surface area contributed by atoms with E-state index in [1.165, 1.54) is 30.3 Å². The van der Waals surface area contributed by atoms with E-state index in [1.807, 2.05) is 12.2 Å². The Balaban J connectivity index is 1.46. The molecule has 1 saturated heterocycles. The van der Waals surface area contributed by atoms with Crippen LogP contribution in [0.2, 0.25) is 0 Å². The number of nitro groups is 1. The fourth-order valence-corrected chi connectivity index (χ4v) is 3.77. The average Bonchev–Trinajstić information content (AvgIpc) is 3.03. The summed E-state index contributed by atoms with van der Waals surface area (Å²) in [5.74, 6) is -1.80. The average molecular weight is 406 g/mol. The molecule has 1 heterocycles. The van der Waals surface area contributed by atoms with Crippen LogP contribution >= 0.6 is 0 Å². The van der Waals surface area contributed by atoms with Gasteiger partial charge in [-0.1, -0.05) is 18.2 Å². The Hall–Kier alpha value is -3.81. The predicted molar refractivity (Wildman–Crippen MR) is 107 cm³/mol. The lowest BCUT2D eigenvalue weighted by Crippen LogP contribution is -2.31. The summed E-state index contributed by atoms with van der Waals surface area (Å²) in [7, 11) is 0. The highest BCUT2D eigenvalue weighted by molar-refractivity contribution is 6.22. The van der Waals surface area contributed by atoms with Gasteiger partial charge in [-0.3, -0.25) is 24.6 Å². The molecule has 2 amide bonds. The van der Waals surface area contributed by atoms with E-state index in [9.17, 15) is 24.5 Å². The molecule has 0 radical (unpaired) electrons. The summed E-state index contributed by atoms with van der Waals surface area (Å²) in [5.41, 5.74) is 1.12. The van der Waals surface area contributed by atoms with E-state index in [0.29, 0.717) is 24.1 Å². The number of carbonyl (C=O) groups excluding carboxylic acids is 3. The number of rotatable bonds is 5. The van der Waals surface area contributed by atoms with Crippen molar-refractivity contribution in [1.29, 1.82) is 0 Å². The summed E-state index contributed by atoms with van der Waals surface area (Å²) in [5, 5.41) is 10.7. The Bertz CT molecular complexity index is 1030. The third-order valence-corrected chi connectivity index (χ3v) is 5.36. The summed E-state index contributed by atoms with van der Waals surface area (Å²) in [6.07, 6.45) is 4.93. The van der Waals surface area contributed by atoms with E-state index >= 15 is 0 Å². The number of nitro benzene ring substituents is 1. The molecule has 0 N–H and O–H groups in total. The van der Waals surface area contributed by atoms with Gasteiger partial charge in [-0.2, -0.15) is 0 Å². The van der Waals surface area contributed by atoms with E-state index < -0.39 is 10.9 Å². The number of amides is 2. The Morgan fingerprint density at radius 2 is 1.67 bits per heavy atom. The molecule has 4 rings (SSSR count). The second-order valence-electron chi connectivity index (χ2n) is 7.22. The Morgan fingerprint density at radius 1 is 1.03 bits per heavy atom. The summed E-state index contributed by atoms with van der Waals surface area (Å²) in [6.45, 7) is -0.0571. The van der Waals surface area contributed by atoms with Gasteiger partial charge in [-0.15, -0.1) is 0 Å². The van der Waals surface area contributed by atoms with Gasteiger partial charge in [0.2, 0.25) is 11.8 Å². The number of non-ortho nitro benzene ring substituents is 1. The number of nitrogens with zero attached hydrogens (tertiary/aromatic N) is 2. The van der Waals surface area contributed by atoms with Crippen molar-refractivity contribution in [3.8, 4) is 0 Å². The lowest BCUT2D eigenvalue weighted by Gasteiger charge is -2.15. The molecule has 0 saturated carbocycles. The van der Waals surface area contributed by atoms with Crippen molar-refractivity contribution in [2.45, 2.75) is 19.4 Å². The minimum Gasteiger partial charge on any atom is -0.457 e. The van der Waals surface area contributed by atoms with Crippen LogP contribution in [0.25, 0.3) is 0 Å². The number of allylic oxidation sites excluding steroid dienone is 2. The molecule has 8 nitrogen and oxygen atoms in total. The zero-order valence-electron chi connectivity index (χ0n) is 15.9. The first-order chi connectivity index (χ1) is 14.5. The maximum atomic E-state index is 12.7. The Kier molecular flexibility index (Phi) is 5.14. The van der Waals surface area contributed by atoms with Gasteiger partial charge in [0.05, 0.1) is 28.0 Å². The van der Waals surface area contributed by atoms with E-state index in [-0.39, 0.29) is 41.5 Å². The van der Waals surface area contributed by atoms with Gasteiger partial charge < -0.3 is 4.74 Å². The molecule has 1 aliphatic heterocycles. The fraction of sp³-hybridized carbons (Fsp3) is 0.227. The number of benzene rings is 2. The minimum atomic E-state index is -0.617. The molecule has 152 valence electrons. The van der Waals surface area contributed by atoms with Crippen molar-refractivity contribution in [3.05, 3.63) is 81.9 Å². The molecule has 30 heavy (non-hydrogen) atoms. The first-order valence-corrected chi connectivity index (χ1v) is 9.49. The lowest BCUT2D eigenvalue weighted by atomic mass is 9.85. The molecule has 1 fully saturated rings. The van der Waals surface area contributed by atoms with Crippen LogP contribution < -0.4 is 4.90 Å². The summed E-state index contributed by atoms with van der Waals surface area (Å²) in [6, 6.07) is 11.9. The van der Waals surface area contributed by atoms with Crippen molar-refractivity contribution >= 4 is 29.2 Å². The molecule has 2 aromatic carbocycles. The smallest absolute Gasteiger partial charge is 0.338 e. The Labute approximate surface area is 171 Å². The van der Waals surface area contributed by atoms with Gasteiger partial charge in [0.1, 0.15) is 6.61 Å². The van der Waals surface area contributed by atoms with Crippen molar-refractivity contribution in [1.82, 2.24) is 0 Å². The molecule has 2 atom stereocenters. The van der Waals surface area contributed by atoms with Crippen LogP contribution in [0.1, 0.15) is 28.8 Å². The van der Waals surface area contributed by atoms with Crippen molar-refractivity contribution < 1.29 is 24.0 Å². The van der Waals surface area contributed by atoms with Crippen molar-refractivity contribution in [2.75, 3.05) is 4.90 Å². The van der Waals surface area contributed by atoms with Crippen LogP contribution in [0.4, 0.5) is 11.4 Å². The topological polar surface area (TPSA) is 107 Å². The molecule has 2 aliphatic rings. The van der Waals surface area contributed by atoms with Crippen molar-refractivity contribution in [3.63, 3.8) is 0 Å². The van der Waals surface area contributed by atoms with E-state index in [0.717, 1.165) is 4.90 Å². The van der Waals surface area contributed by atoms with Crippen LogP contribution in [0.5, 0.6) is 0 Å². The molecule has 0 bridgehead atoms. The zero-order valence-corrected chi connectivity index (χ0v) is 15.9. The summed E-state index contributed by atoms with van der Waals surface area (Å²) >= 11 is 0. The normalized spacial score (nSPS) is 20.2. The first kappa shape index (κ1) is 19.5. The monoisotopic (exact) mass is 406 g/mol. The summed E-state index contributed by atoms with van der Waals surface area (Å²) < 4.78 is 5.27. The van der Waals surface area contributed by atoms with Gasteiger partial charge in [0, 0.05) is 12.1 Å². The Morgan fingerprint density at radius 3 is 2.27 bits per heavy atom. The van der Waals surface area contributed by atoms with Gasteiger partial charge in [0.25, 0.3) is 5.69 Å². The number of ether oxygens (including phenoxy) is 1. The number of carbonyl (C=O) groups is 3. The maximum absolute atomic E-state index is 12.7. The third-order valence-electron chi connectivity index (χ3n) is 5.36. The van der Waals surface area contributed by atoms with E-state index in [2.05, 4.69) is 0 Å². The van der Waals surface area contributed by atoms with Gasteiger partial charge in [-0.25, -0.2) is 4.79 Å². The molecule has 0 spiro atoms. The number of fused-ring (bicyclic) bond motifs is 1. The van der Waals surface area contributed by atoms with Crippen LogP contribution in [-0.4, -0.2) is 22.7 Å². The molecule has 8 heteroatoms. The van der Waals surface area contributed by atoms with Gasteiger partial charge in [-0.05, 0) is 48.7 Å².